The van der Waals surface area contributed by atoms with Gasteiger partial charge in [0, 0.05) is 24.0 Å². The van der Waals surface area contributed by atoms with Crippen molar-refractivity contribution >= 4 is 11.5 Å². The van der Waals surface area contributed by atoms with E-state index in [1.165, 1.54) is 6.08 Å². The second kappa shape index (κ2) is 5.28. The van der Waals surface area contributed by atoms with Gasteiger partial charge >= 0.3 is 5.97 Å². The topological polar surface area (TPSA) is 68.7 Å². The number of aliphatic carboxylic acids is 1. The van der Waals surface area contributed by atoms with Crippen molar-refractivity contribution in [2.75, 3.05) is 6.79 Å². The second-order valence-electron chi connectivity index (χ2n) is 4.70. The third-order valence-corrected chi connectivity index (χ3v) is 3.24. The summed E-state index contributed by atoms with van der Waals surface area (Å²) in [5.74, 6) is 0.460. The number of fused-ring (bicyclic) bond motifs is 1. The molecule has 5 heteroatoms. The molecule has 106 valence electrons. The number of pyridine rings is 1. The van der Waals surface area contributed by atoms with E-state index >= 15 is 0 Å². The fraction of sp³-hybridized carbons (Fsp3) is 0.125. The molecule has 0 aliphatic carbocycles. The van der Waals surface area contributed by atoms with Gasteiger partial charge in [0.05, 0.1) is 0 Å². The van der Waals surface area contributed by atoms with E-state index in [0.717, 1.165) is 22.4 Å². The molecule has 2 aromatic rings. The molecule has 0 radical (unpaired) electrons. The van der Waals surface area contributed by atoms with Gasteiger partial charge in [0.2, 0.25) is 6.79 Å². The summed E-state index contributed by atoms with van der Waals surface area (Å²) in [6.07, 6.45) is 4.54. The van der Waals surface area contributed by atoms with E-state index in [0.29, 0.717) is 11.3 Å². The normalized spacial score (nSPS) is 13.3. The Hall–Kier alpha value is -2.82. The van der Waals surface area contributed by atoms with Crippen LogP contribution in [0.25, 0.3) is 16.7 Å². The molecule has 5 nitrogen and oxygen atoms in total. The predicted octanol–water partition coefficient (Wildman–Crippen LogP) is 2.97. The lowest BCUT2D eigenvalue weighted by molar-refractivity contribution is -0.131. The lowest BCUT2D eigenvalue weighted by Crippen LogP contribution is -1.93. The molecular formula is C16H13NO4. The molecule has 0 atom stereocenters. The van der Waals surface area contributed by atoms with Crippen LogP contribution in [-0.2, 0) is 4.79 Å². The second-order valence-corrected chi connectivity index (χ2v) is 4.70. The fourth-order valence-corrected chi connectivity index (χ4v) is 2.16. The van der Waals surface area contributed by atoms with E-state index < -0.39 is 5.97 Å². The van der Waals surface area contributed by atoms with Gasteiger partial charge in [-0.25, -0.2) is 4.79 Å². The van der Waals surface area contributed by atoms with E-state index in [9.17, 15) is 4.79 Å². The van der Waals surface area contributed by atoms with Crippen molar-refractivity contribution in [3.05, 3.63) is 48.3 Å². The third-order valence-electron chi connectivity index (χ3n) is 3.24. The predicted molar refractivity (Wildman–Crippen MR) is 77.1 cm³/mol. The zero-order chi connectivity index (χ0) is 14.8. The van der Waals surface area contributed by atoms with Crippen molar-refractivity contribution < 1.29 is 19.4 Å². The first-order valence-corrected chi connectivity index (χ1v) is 6.40. The Balaban J connectivity index is 1.98. The smallest absolute Gasteiger partial charge is 0.328 e. The van der Waals surface area contributed by atoms with E-state index in [2.05, 4.69) is 4.98 Å². The highest BCUT2D eigenvalue weighted by molar-refractivity contribution is 5.89. The Morgan fingerprint density at radius 2 is 2.00 bits per heavy atom. The van der Waals surface area contributed by atoms with Crippen LogP contribution in [0.3, 0.4) is 0 Å². The summed E-state index contributed by atoms with van der Waals surface area (Å²) in [7, 11) is 0. The Morgan fingerprint density at radius 3 is 2.81 bits per heavy atom. The van der Waals surface area contributed by atoms with Gasteiger partial charge in [-0.15, -0.1) is 0 Å². The first kappa shape index (κ1) is 13.2. The zero-order valence-corrected chi connectivity index (χ0v) is 11.4. The summed E-state index contributed by atoms with van der Waals surface area (Å²) in [6.45, 7) is 1.98. The first-order valence-electron chi connectivity index (χ1n) is 6.40. The molecule has 1 N–H and O–H groups in total. The van der Waals surface area contributed by atoms with Crippen LogP contribution in [0.5, 0.6) is 11.5 Å². The molecule has 2 heterocycles. The van der Waals surface area contributed by atoms with E-state index in [1.807, 2.05) is 24.3 Å². The molecule has 0 bridgehead atoms. The molecule has 21 heavy (non-hydrogen) atoms. The van der Waals surface area contributed by atoms with Gasteiger partial charge in [-0.2, -0.15) is 0 Å². The van der Waals surface area contributed by atoms with Crippen LogP contribution in [0.15, 0.2) is 42.7 Å². The van der Waals surface area contributed by atoms with Crippen molar-refractivity contribution in [2.45, 2.75) is 6.92 Å². The van der Waals surface area contributed by atoms with Crippen LogP contribution >= 0.6 is 0 Å². The van der Waals surface area contributed by atoms with Gasteiger partial charge in [-0.05, 0) is 41.8 Å². The number of ether oxygens (including phenoxy) is 2. The minimum Gasteiger partial charge on any atom is -0.478 e. The monoisotopic (exact) mass is 283 g/mol. The van der Waals surface area contributed by atoms with Gasteiger partial charge in [0.15, 0.2) is 11.5 Å². The van der Waals surface area contributed by atoms with Crippen LogP contribution in [0.4, 0.5) is 0 Å². The molecule has 1 aromatic carbocycles. The number of nitrogens with zero attached hydrogens (tertiary/aromatic N) is 1. The summed E-state index contributed by atoms with van der Waals surface area (Å²) in [5, 5.41) is 8.81. The van der Waals surface area contributed by atoms with Crippen LogP contribution < -0.4 is 9.47 Å². The molecule has 3 rings (SSSR count). The highest BCUT2D eigenvalue weighted by atomic mass is 16.7. The largest absolute Gasteiger partial charge is 0.478 e. The molecule has 1 aliphatic rings. The number of allylic oxidation sites excluding steroid dienone is 1. The maximum absolute atomic E-state index is 10.7. The Morgan fingerprint density at radius 1 is 1.19 bits per heavy atom. The van der Waals surface area contributed by atoms with Crippen molar-refractivity contribution in [1.29, 1.82) is 0 Å². The lowest BCUT2D eigenvalue weighted by Gasteiger charge is -2.06. The summed E-state index contributed by atoms with van der Waals surface area (Å²) >= 11 is 0. The van der Waals surface area contributed by atoms with E-state index in [-0.39, 0.29) is 6.79 Å². The van der Waals surface area contributed by atoms with Crippen LogP contribution in [0, 0.1) is 0 Å². The minimum atomic E-state index is -0.971. The highest BCUT2D eigenvalue weighted by Crippen LogP contribution is 2.36. The number of carbonyl (C=O) groups is 1. The van der Waals surface area contributed by atoms with Crippen molar-refractivity contribution in [3.8, 4) is 22.6 Å². The van der Waals surface area contributed by atoms with Crippen LogP contribution in [-0.4, -0.2) is 22.9 Å². The molecule has 0 unspecified atom stereocenters. The molecule has 1 aliphatic heterocycles. The standard InChI is InChI=1S/C16H13NO4/c1-10(4-16(18)19)12-5-13(8-17-7-12)11-2-3-14-15(6-11)21-9-20-14/h2-8H,9H2,1H3,(H,18,19)/b10-4+. The highest BCUT2D eigenvalue weighted by Gasteiger charge is 2.14. The lowest BCUT2D eigenvalue weighted by atomic mass is 10.0. The van der Waals surface area contributed by atoms with Crippen molar-refractivity contribution in [3.63, 3.8) is 0 Å². The molecule has 0 saturated heterocycles. The Kier molecular flexibility index (Phi) is 3.31. The summed E-state index contributed by atoms with van der Waals surface area (Å²) in [5.41, 5.74) is 3.26. The first-order chi connectivity index (χ1) is 10.1. The number of hydrogen-bond donors (Lipinski definition) is 1. The molecule has 0 fully saturated rings. The van der Waals surface area contributed by atoms with E-state index in [1.54, 1.807) is 19.3 Å². The van der Waals surface area contributed by atoms with Gasteiger partial charge in [0.1, 0.15) is 0 Å². The quantitative estimate of drug-likeness (QED) is 0.877. The number of rotatable bonds is 3. The average Bonchev–Trinajstić information content (AvgIpc) is 2.94. The summed E-state index contributed by atoms with van der Waals surface area (Å²) < 4.78 is 10.6. The van der Waals surface area contributed by atoms with Gasteiger partial charge < -0.3 is 14.6 Å². The number of carboxylic acids is 1. The molecule has 0 spiro atoms. The molecule has 0 amide bonds. The number of aromatic nitrogens is 1. The number of hydrogen-bond acceptors (Lipinski definition) is 4. The summed E-state index contributed by atoms with van der Waals surface area (Å²) in [6, 6.07) is 7.56. The SMILES string of the molecule is C/C(=C\C(=O)O)c1cncc(-c2ccc3c(c2)OCO3)c1. The number of benzene rings is 1. The molecule has 0 saturated carbocycles. The molecular weight excluding hydrogens is 270 g/mol. The van der Waals surface area contributed by atoms with E-state index in [4.69, 9.17) is 14.6 Å². The van der Waals surface area contributed by atoms with Crippen molar-refractivity contribution in [2.24, 2.45) is 0 Å². The van der Waals surface area contributed by atoms with Gasteiger partial charge in [-0.3, -0.25) is 4.98 Å². The van der Waals surface area contributed by atoms with Crippen molar-refractivity contribution in [1.82, 2.24) is 4.98 Å². The summed E-state index contributed by atoms with van der Waals surface area (Å²) in [4.78, 5) is 14.9. The van der Waals surface area contributed by atoms with Crippen LogP contribution in [0.2, 0.25) is 0 Å². The maximum atomic E-state index is 10.7. The molecule has 1 aromatic heterocycles. The average molecular weight is 283 g/mol. The number of carboxylic acid groups (broad SMARTS) is 1. The van der Waals surface area contributed by atoms with Gasteiger partial charge in [-0.1, -0.05) is 6.07 Å². The maximum Gasteiger partial charge on any atom is 0.328 e. The zero-order valence-electron chi connectivity index (χ0n) is 11.4. The Labute approximate surface area is 121 Å². The Bertz CT molecular complexity index is 737. The fourth-order valence-electron chi connectivity index (χ4n) is 2.16. The van der Waals surface area contributed by atoms with Gasteiger partial charge in [0.25, 0.3) is 0 Å². The minimum absolute atomic E-state index is 0.234. The third kappa shape index (κ3) is 2.72. The van der Waals surface area contributed by atoms with Crippen LogP contribution in [0.1, 0.15) is 12.5 Å².